The molecule has 0 aromatic heterocycles. The van der Waals surface area contributed by atoms with Crippen LogP contribution in [0.2, 0.25) is 5.02 Å². The van der Waals surface area contributed by atoms with Crippen molar-refractivity contribution < 1.29 is 9.84 Å². The molecular formula is C17H19ClO2. The first-order chi connectivity index (χ1) is 9.42. The van der Waals surface area contributed by atoms with E-state index in [2.05, 4.69) is 0 Å². The van der Waals surface area contributed by atoms with Gasteiger partial charge in [0.1, 0.15) is 5.75 Å². The van der Waals surface area contributed by atoms with Crippen molar-refractivity contribution >= 4 is 11.6 Å². The highest BCUT2D eigenvalue weighted by Gasteiger charge is 2.24. The molecule has 0 bridgehead atoms. The molecule has 0 spiro atoms. The van der Waals surface area contributed by atoms with E-state index in [9.17, 15) is 5.11 Å². The molecule has 1 atom stereocenters. The van der Waals surface area contributed by atoms with Crippen molar-refractivity contribution in [2.45, 2.75) is 25.9 Å². The molecule has 0 aliphatic rings. The van der Waals surface area contributed by atoms with Crippen LogP contribution in [0.3, 0.4) is 0 Å². The fourth-order valence-electron chi connectivity index (χ4n) is 2.22. The number of aliphatic hydroxyl groups is 1. The number of hydrogen-bond donors (Lipinski definition) is 1. The van der Waals surface area contributed by atoms with Crippen molar-refractivity contribution in [3.05, 3.63) is 64.2 Å². The van der Waals surface area contributed by atoms with Gasteiger partial charge in [-0.15, -0.1) is 0 Å². The lowest BCUT2D eigenvalue weighted by Crippen LogP contribution is -2.24. The van der Waals surface area contributed by atoms with Crippen LogP contribution in [0.1, 0.15) is 23.6 Å². The highest BCUT2D eigenvalue weighted by Crippen LogP contribution is 2.30. The average Bonchev–Trinajstić information content (AvgIpc) is 2.42. The molecule has 0 saturated heterocycles. The van der Waals surface area contributed by atoms with Crippen LogP contribution < -0.4 is 4.74 Å². The van der Waals surface area contributed by atoms with Crippen molar-refractivity contribution in [1.82, 2.24) is 0 Å². The number of benzene rings is 2. The second-order valence-electron chi connectivity index (χ2n) is 5.27. The van der Waals surface area contributed by atoms with Gasteiger partial charge in [0.2, 0.25) is 0 Å². The zero-order valence-corrected chi connectivity index (χ0v) is 12.7. The zero-order chi connectivity index (χ0) is 14.8. The molecule has 0 aliphatic carbocycles. The van der Waals surface area contributed by atoms with Gasteiger partial charge in [-0.05, 0) is 48.7 Å². The van der Waals surface area contributed by atoms with E-state index < -0.39 is 5.60 Å². The lowest BCUT2D eigenvalue weighted by molar-refractivity contribution is 0.0576. The minimum absolute atomic E-state index is 0.471. The molecule has 2 aromatic rings. The summed E-state index contributed by atoms with van der Waals surface area (Å²) >= 11 is 6.24. The van der Waals surface area contributed by atoms with Crippen LogP contribution in [0, 0.1) is 6.92 Å². The van der Waals surface area contributed by atoms with E-state index in [0.29, 0.717) is 11.4 Å². The van der Waals surface area contributed by atoms with Crippen molar-refractivity contribution in [2.24, 2.45) is 0 Å². The summed E-state index contributed by atoms with van der Waals surface area (Å²) < 4.78 is 5.13. The molecule has 20 heavy (non-hydrogen) atoms. The van der Waals surface area contributed by atoms with Gasteiger partial charge in [0.25, 0.3) is 0 Å². The van der Waals surface area contributed by atoms with Crippen molar-refractivity contribution in [2.75, 3.05) is 7.11 Å². The van der Waals surface area contributed by atoms with Crippen LogP contribution in [-0.4, -0.2) is 12.2 Å². The van der Waals surface area contributed by atoms with Gasteiger partial charge < -0.3 is 9.84 Å². The van der Waals surface area contributed by atoms with Gasteiger partial charge in [-0.1, -0.05) is 35.9 Å². The molecule has 2 rings (SSSR count). The van der Waals surface area contributed by atoms with E-state index >= 15 is 0 Å². The Labute approximate surface area is 125 Å². The van der Waals surface area contributed by atoms with Crippen LogP contribution in [-0.2, 0) is 12.0 Å². The molecule has 0 heterocycles. The zero-order valence-electron chi connectivity index (χ0n) is 12.0. The highest BCUT2D eigenvalue weighted by atomic mass is 35.5. The topological polar surface area (TPSA) is 29.5 Å². The number of hydrogen-bond acceptors (Lipinski definition) is 2. The van der Waals surface area contributed by atoms with E-state index in [1.807, 2.05) is 49.4 Å². The summed E-state index contributed by atoms with van der Waals surface area (Å²) in [6.07, 6.45) is 0.471. The summed E-state index contributed by atoms with van der Waals surface area (Å²) in [4.78, 5) is 0. The summed E-state index contributed by atoms with van der Waals surface area (Å²) in [5.74, 6) is 0.776. The van der Waals surface area contributed by atoms with Gasteiger partial charge >= 0.3 is 0 Å². The van der Waals surface area contributed by atoms with Gasteiger partial charge in [0.05, 0.1) is 12.7 Å². The summed E-state index contributed by atoms with van der Waals surface area (Å²) in [6.45, 7) is 3.79. The molecule has 0 saturated carbocycles. The summed E-state index contributed by atoms with van der Waals surface area (Å²) in [5.41, 5.74) is 1.93. The standard InChI is InChI=1S/C17H19ClO2/c1-12-4-5-13(16(18)10-12)11-17(2,19)14-6-8-15(20-3)9-7-14/h4-10,19H,11H2,1-3H3. The van der Waals surface area contributed by atoms with Gasteiger partial charge in [-0.25, -0.2) is 0 Å². The predicted molar refractivity (Wildman–Crippen MR) is 82.5 cm³/mol. The minimum atomic E-state index is -0.967. The Hall–Kier alpha value is -1.51. The Bertz CT molecular complexity index is 588. The van der Waals surface area contributed by atoms with Crippen LogP contribution in [0.15, 0.2) is 42.5 Å². The van der Waals surface area contributed by atoms with Crippen molar-refractivity contribution in [3.8, 4) is 5.75 Å². The monoisotopic (exact) mass is 290 g/mol. The molecule has 3 heteroatoms. The fraction of sp³-hybridized carbons (Fsp3) is 0.294. The van der Waals surface area contributed by atoms with Gasteiger partial charge in [-0.2, -0.15) is 0 Å². The largest absolute Gasteiger partial charge is 0.497 e. The number of halogens is 1. The molecular weight excluding hydrogens is 272 g/mol. The molecule has 2 aromatic carbocycles. The summed E-state index contributed by atoms with van der Waals surface area (Å²) in [5, 5.41) is 11.4. The average molecular weight is 291 g/mol. The maximum atomic E-state index is 10.7. The Morgan fingerprint density at radius 3 is 2.35 bits per heavy atom. The van der Waals surface area contributed by atoms with E-state index in [4.69, 9.17) is 16.3 Å². The molecule has 0 fully saturated rings. The molecule has 2 nitrogen and oxygen atoms in total. The predicted octanol–water partition coefficient (Wildman–Crippen LogP) is 4.11. The Balaban J connectivity index is 2.25. The molecule has 0 aliphatic heterocycles. The molecule has 0 radical (unpaired) electrons. The first-order valence-electron chi connectivity index (χ1n) is 6.54. The lowest BCUT2D eigenvalue weighted by atomic mass is 9.89. The molecule has 106 valence electrons. The van der Waals surface area contributed by atoms with E-state index in [1.165, 1.54) is 0 Å². The van der Waals surface area contributed by atoms with Crippen LogP contribution in [0.25, 0.3) is 0 Å². The van der Waals surface area contributed by atoms with E-state index in [0.717, 1.165) is 22.4 Å². The normalized spacial score (nSPS) is 13.8. The minimum Gasteiger partial charge on any atom is -0.497 e. The number of aryl methyl sites for hydroxylation is 1. The first-order valence-corrected chi connectivity index (χ1v) is 6.92. The molecule has 1 unspecified atom stereocenters. The van der Waals surface area contributed by atoms with Crippen LogP contribution in [0.4, 0.5) is 0 Å². The third kappa shape index (κ3) is 3.33. The number of methoxy groups -OCH3 is 1. The maximum absolute atomic E-state index is 10.7. The quantitative estimate of drug-likeness (QED) is 0.918. The first kappa shape index (κ1) is 14.9. The van der Waals surface area contributed by atoms with E-state index in [-0.39, 0.29) is 0 Å². The Morgan fingerprint density at radius 1 is 1.15 bits per heavy atom. The SMILES string of the molecule is COc1ccc(C(C)(O)Cc2ccc(C)cc2Cl)cc1. The second kappa shape index (κ2) is 5.86. The van der Waals surface area contributed by atoms with Crippen molar-refractivity contribution in [3.63, 3.8) is 0 Å². The van der Waals surface area contributed by atoms with Crippen molar-refractivity contribution in [1.29, 1.82) is 0 Å². The molecule has 0 amide bonds. The fourth-order valence-corrected chi connectivity index (χ4v) is 2.52. The molecule has 1 N–H and O–H groups in total. The third-order valence-corrected chi connectivity index (χ3v) is 3.81. The maximum Gasteiger partial charge on any atom is 0.118 e. The number of rotatable bonds is 4. The van der Waals surface area contributed by atoms with Gasteiger partial charge in [0, 0.05) is 11.4 Å². The highest BCUT2D eigenvalue weighted by molar-refractivity contribution is 6.31. The summed E-state index contributed by atoms with van der Waals surface area (Å²) in [7, 11) is 1.62. The third-order valence-electron chi connectivity index (χ3n) is 3.46. The van der Waals surface area contributed by atoms with Gasteiger partial charge in [0.15, 0.2) is 0 Å². The number of ether oxygens (including phenoxy) is 1. The smallest absolute Gasteiger partial charge is 0.118 e. The lowest BCUT2D eigenvalue weighted by Gasteiger charge is -2.25. The Kier molecular flexibility index (Phi) is 4.36. The Morgan fingerprint density at radius 2 is 1.80 bits per heavy atom. The van der Waals surface area contributed by atoms with Gasteiger partial charge in [-0.3, -0.25) is 0 Å². The second-order valence-corrected chi connectivity index (χ2v) is 5.68. The summed E-state index contributed by atoms with van der Waals surface area (Å²) in [6, 6.07) is 13.3. The van der Waals surface area contributed by atoms with E-state index in [1.54, 1.807) is 14.0 Å². The van der Waals surface area contributed by atoms with Crippen LogP contribution >= 0.6 is 11.6 Å². The van der Waals surface area contributed by atoms with Crippen LogP contribution in [0.5, 0.6) is 5.75 Å².